The number of carbonyl (C=O) groups excluding carboxylic acids is 1. The molecule has 0 saturated carbocycles. The summed E-state index contributed by atoms with van der Waals surface area (Å²) in [6.45, 7) is 5.06. The van der Waals surface area contributed by atoms with Crippen LogP contribution in [0.25, 0.3) is 11.5 Å². The summed E-state index contributed by atoms with van der Waals surface area (Å²) in [5, 5.41) is 8.07. The third-order valence-corrected chi connectivity index (χ3v) is 3.80. The molecule has 2 N–H and O–H groups in total. The Morgan fingerprint density at radius 1 is 1.38 bits per heavy atom. The van der Waals surface area contributed by atoms with Gasteiger partial charge in [-0.3, -0.25) is 9.69 Å². The lowest BCUT2D eigenvalue weighted by Crippen LogP contribution is -2.26. The Morgan fingerprint density at radius 3 is 2.86 bits per heavy atom. The first-order valence-corrected chi connectivity index (χ1v) is 7.00. The molecule has 6 nitrogen and oxygen atoms in total. The molecule has 21 heavy (non-hydrogen) atoms. The van der Waals surface area contributed by atoms with Gasteiger partial charge >= 0.3 is 6.01 Å². The van der Waals surface area contributed by atoms with Gasteiger partial charge in [0.15, 0.2) is 0 Å². The average Bonchev–Trinajstić information content (AvgIpc) is 3.05. The van der Waals surface area contributed by atoms with Crippen molar-refractivity contribution in [3.05, 3.63) is 29.3 Å². The van der Waals surface area contributed by atoms with Crippen molar-refractivity contribution >= 4 is 11.9 Å². The Bertz CT molecular complexity index is 680. The number of hydrogen-bond acceptors (Lipinski definition) is 5. The molecule has 0 bridgehead atoms. The molecular formula is C15H18N4O2. The number of rotatable bonds is 3. The summed E-state index contributed by atoms with van der Waals surface area (Å²) in [6.07, 6.45) is 0.442. The van der Waals surface area contributed by atoms with Gasteiger partial charge in [-0.05, 0) is 37.9 Å². The topological polar surface area (TPSA) is 85.3 Å². The Hall–Kier alpha value is -2.21. The van der Waals surface area contributed by atoms with Crippen molar-refractivity contribution in [3.8, 4) is 11.5 Å². The lowest BCUT2D eigenvalue weighted by Gasteiger charge is -2.10. The fourth-order valence-electron chi connectivity index (χ4n) is 2.61. The van der Waals surface area contributed by atoms with Crippen LogP contribution in [0.4, 0.5) is 6.01 Å². The van der Waals surface area contributed by atoms with Gasteiger partial charge in [0, 0.05) is 18.5 Å². The molecule has 1 aromatic carbocycles. The summed E-state index contributed by atoms with van der Waals surface area (Å²) in [5.41, 5.74) is 8.76. The van der Waals surface area contributed by atoms with Crippen LogP contribution in [0.3, 0.4) is 0 Å². The van der Waals surface area contributed by atoms with E-state index in [1.54, 1.807) is 0 Å². The highest BCUT2D eigenvalue weighted by Crippen LogP contribution is 2.28. The van der Waals surface area contributed by atoms with Crippen molar-refractivity contribution in [2.24, 2.45) is 11.7 Å². The molecule has 0 aliphatic carbocycles. The quantitative estimate of drug-likeness (QED) is 0.927. The van der Waals surface area contributed by atoms with Gasteiger partial charge in [-0.1, -0.05) is 22.8 Å². The predicted molar refractivity (Wildman–Crippen MR) is 78.7 cm³/mol. The Balaban J connectivity index is 1.88. The molecule has 1 unspecified atom stereocenters. The smallest absolute Gasteiger partial charge is 0.325 e. The molecule has 1 aliphatic heterocycles. The Kier molecular flexibility index (Phi) is 3.47. The zero-order valence-electron chi connectivity index (χ0n) is 12.2. The van der Waals surface area contributed by atoms with Crippen molar-refractivity contribution in [1.29, 1.82) is 0 Å². The first kappa shape index (κ1) is 13.8. The number of nitrogens with zero attached hydrogens (tertiary/aromatic N) is 3. The van der Waals surface area contributed by atoms with Crippen molar-refractivity contribution in [1.82, 2.24) is 10.2 Å². The standard InChI is InChI=1S/C15H18N4O2/c1-9-3-4-12(10(2)5-9)14-17-18-15(21-14)19-8-11(7-16)6-13(19)20/h3-5,11H,6-8,16H2,1-2H3. The van der Waals surface area contributed by atoms with Gasteiger partial charge in [0.25, 0.3) is 0 Å². The molecule has 6 heteroatoms. The summed E-state index contributed by atoms with van der Waals surface area (Å²) in [5.74, 6) is 0.585. The third-order valence-electron chi connectivity index (χ3n) is 3.80. The van der Waals surface area contributed by atoms with Crippen LogP contribution in [0.15, 0.2) is 22.6 Å². The van der Waals surface area contributed by atoms with Gasteiger partial charge in [-0.15, -0.1) is 5.10 Å². The molecule has 1 amide bonds. The van der Waals surface area contributed by atoms with Gasteiger partial charge < -0.3 is 10.2 Å². The molecule has 1 aromatic heterocycles. The van der Waals surface area contributed by atoms with Crippen LogP contribution < -0.4 is 10.6 Å². The van der Waals surface area contributed by atoms with E-state index in [4.69, 9.17) is 10.2 Å². The van der Waals surface area contributed by atoms with Crippen LogP contribution >= 0.6 is 0 Å². The van der Waals surface area contributed by atoms with Crippen LogP contribution in [0, 0.1) is 19.8 Å². The molecule has 1 saturated heterocycles. The van der Waals surface area contributed by atoms with Gasteiger partial charge in [-0.2, -0.15) is 0 Å². The van der Waals surface area contributed by atoms with Gasteiger partial charge in [0.05, 0.1) is 0 Å². The van der Waals surface area contributed by atoms with Crippen molar-refractivity contribution < 1.29 is 9.21 Å². The summed E-state index contributed by atoms with van der Waals surface area (Å²) < 4.78 is 5.68. The van der Waals surface area contributed by atoms with E-state index in [0.29, 0.717) is 25.4 Å². The molecule has 1 aliphatic rings. The maximum Gasteiger partial charge on any atom is 0.325 e. The highest BCUT2D eigenvalue weighted by atomic mass is 16.4. The van der Waals surface area contributed by atoms with Gasteiger partial charge in [-0.25, -0.2) is 0 Å². The van der Waals surface area contributed by atoms with E-state index in [9.17, 15) is 4.79 Å². The van der Waals surface area contributed by atoms with E-state index in [0.717, 1.165) is 11.1 Å². The fraction of sp³-hybridized carbons (Fsp3) is 0.400. The molecule has 2 aromatic rings. The number of anilines is 1. The van der Waals surface area contributed by atoms with Crippen LogP contribution in [0.5, 0.6) is 0 Å². The molecule has 0 spiro atoms. The number of aromatic nitrogens is 2. The first-order valence-electron chi connectivity index (χ1n) is 7.00. The highest BCUT2D eigenvalue weighted by Gasteiger charge is 2.33. The monoisotopic (exact) mass is 286 g/mol. The second-order valence-corrected chi connectivity index (χ2v) is 5.52. The first-order chi connectivity index (χ1) is 10.1. The number of amides is 1. The largest absolute Gasteiger partial charge is 0.403 e. The van der Waals surface area contributed by atoms with E-state index in [1.807, 2.05) is 26.0 Å². The van der Waals surface area contributed by atoms with Crippen molar-refractivity contribution in [2.45, 2.75) is 20.3 Å². The van der Waals surface area contributed by atoms with Crippen LogP contribution in [0.1, 0.15) is 17.5 Å². The molecule has 3 rings (SSSR count). The zero-order valence-corrected chi connectivity index (χ0v) is 12.2. The lowest BCUT2D eigenvalue weighted by molar-refractivity contribution is -0.117. The van der Waals surface area contributed by atoms with Crippen molar-refractivity contribution in [2.75, 3.05) is 18.0 Å². The molecule has 2 heterocycles. The van der Waals surface area contributed by atoms with E-state index in [-0.39, 0.29) is 17.8 Å². The van der Waals surface area contributed by atoms with E-state index >= 15 is 0 Å². The predicted octanol–water partition coefficient (Wildman–Crippen LogP) is 1.67. The summed E-state index contributed by atoms with van der Waals surface area (Å²) in [6, 6.07) is 6.27. The van der Waals surface area contributed by atoms with Crippen LogP contribution in [-0.2, 0) is 4.79 Å². The maximum atomic E-state index is 11.9. The van der Waals surface area contributed by atoms with Gasteiger partial charge in [0.2, 0.25) is 11.8 Å². The maximum absolute atomic E-state index is 11.9. The number of hydrogen-bond donors (Lipinski definition) is 1. The number of aryl methyl sites for hydroxylation is 2. The number of benzene rings is 1. The Morgan fingerprint density at radius 2 is 2.19 bits per heavy atom. The van der Waals surface area contributed by atoms with E-state index in [1.165, 1.54) is 10.5 Å². The van der Waals surface area contributed by atoms with Gasteiger partial charge in [0.1, 0.15) is 0 Å². The Labute approximate surface area is 123 Å². The normalized spacial score (nSPS) is 18.5. The van der Waals surface area contributed by atoms with E-state index < -0.39 is 0 Å². The highest BCUT2D eigenvalue weighted by molar-refractivity contribution is 5.93. The van der Waals surface area contributed by atoms with Crippen molar-refractivity contribution in [3.63, 3.8) is 0 Å². The second-order valence-electron chi connectivity index (χ2n) is 5.52. The minimum atomic E-state index is -0.0127. The molecule has 0 radical (unpaired) electrons. The van der Waals surface area contributed by atoms with Crippen LogP contribution in [0.2, 0.25) is 0 Å². The second kappa shape index (κ2) is 5.29. The molecular weight excluding hydrogens is 268 g/mol. The average molecular weight is 286 g/mol. The zero-order chi connectivity index (χ0) is 15.0. The summed E-state index contributed by atoms with van der Waals surface area (Å²) in [7, 11) is 0. The minimum absolute atomic E-state index is 0.0127. The third kappa shape index (κ3) is 2.54. The SMILES string of the molecule is Cc1ccc(-c2nnc(N3CC(CN)CC3=O)o2)c(C)c1. The number of nitrogens with two attached hydrogens (primary N) is 1. The van der Waals surface area contributed by atoms with Crippen LogP contribution in [-0.4, -0.2) is 29.2 Å². The number of carbonyl (C=O) groups is 1. The van der Waals surface area contributed by atoms with E-state index in [2.05, 4.69) is 16.3 Å². The molecule has 1 fully saturated rings. The molecule has 110 valence electrons. The fourth-order valence-corrected chi connectivity index (χ4v) is 2.61. The molecule has 1 atom stereocenters. The minimum Gasteiger partial charge on any atom is -0.403 e. The summed E-state index contributed by atoms with van der Waals surface area (Å²) in [4.78, 5) is 13.5. The summed E-state index contributed by atoms with van der Waals surface area (Å²) >= 11 is 0. The lowest BCUT2D eigenvalue weighted by atomic mass is 10.1.